The van der Waals surface area contributed by atoms with Crippen molar-refractivity contribution >= 4 is 37.0 Å². The van der Waals surface area contributed by atoms with Crippen LogP contribution in [0.3, 0.4) is 0 Å². The van der Waals surface area contributed by atoms with Crippen LogP contribution in [-0.2, 0) is 10.0 Å². The molecular formula is C15H12BrFN2O3S. The van der Waals surface area contributed by atoms with E-state index in [9.17, 15) is 12.8 Å². The Morgan fingerprint density at radius 1 is 1.26 bits per heavy atom. The number of nitrogens with zero attached hydrogens (tertiary/aromatic N) is 2. The zero-order valence-corrected chi connectivity index (χ0v) is 14.6. The fourth-order valence-electron chi connectivity index (χ4n) is 2.28. The van der Waals surface area contributed by atoms with Gasteiger partial charge < -0.3 is 4.74 Å². The first-order valence-corrected chi connectivity index (χ1v) is 8.81. The number of hydrogen-bond acceptors (Lipinski definition) is 4. The summed E-state index contributed by atoms with van der Waals surface area (Å²) in [5.74, 6) is -0.717. The van der Waals surface area contributed by atoms with Gasteiger partial charge in [-0.25, -0.2) is 21.8 Å². The number of halogens is 2. The molecule has 23 heavy (non-hydrogen) atoms. The van der Waals surface area contributed by atoms with E-state index in [1.807, 2.05) is 6.92 Å². The van der Waals surface area contributed by atoms with Crippen LogP contribution < -0.4 is 4.74 Å². The fourth-order valence-corrected chi connectivity index (χ4v) is 4.29. The standard InChI is InChI=1S/C15H12BrFN2O3S/c1-9-3-5-10(6-4-9)23(20,21)19-8-11(16)13-14(22-2)12(17)7-18-15(13)19/h3-8H,1-2H3. The number of pyridine rings is 1. The van der Waals surface area contributed by atoms with Gasteiger partial charge in [-0.3, -0.25) is 0 Å². The summed E-state index contributed by atoms with van der Waals surface area (Å²) < 4.78 is 45.9. The Kier molecular flexibility index (Phi) is 3.89. The Morgan fingerprint density at radius 2 is 1.91 bits per heavy atom. The number of methoxy groups -OCH3 is 1. The summed E-state index contributed by atoms with van der Waals surface area (Å²) in [5.41, 5.74) is 1.04. The predicted molar refractivity (Wildman–Crippen MR) is 87.7 cm³/mol. The third-order valence-corrected chi connectivity index (χ3v) is 5.69. The average Bonchev–Trinajstić information content (AvgIpc) is 2.86. The summed E-state index contributed by atoms with van der Waals surface area (Å²) in [7, 11) is -2.54. The van der Waals surface area contributed by atoms with E-state index in [-0.39, 0.29) is 21.7 Å². The number of hydrogen-bond donors (Lipinski definition) is 0. The Bertz CT molecular complexity index is 998. The lowest BCUT2D eigenvalue weighted by Crippen LogP contribution is -2.12. The van der Waals surface area contributed by atoms with Gasteiger partial charge in [0.25, 0.3) is 10.0 Å². The molecule has 0 unspecified atom stereocenters. The number of aryl methyl sites for hydroxylation is 1. The van der Waals surface area contributed by atoms with E-state index >= 15 is 0 Å². The molecule has 0 aliphatic heterocycles. The van der Waals surface area contributed by atoms with Gasteiger partial charge in [-0.15, -0.1) is 0 Å². The van der Waals surface area contributed by atoms with Gasteiger partial charge in [0.15, 0.2) is 17.2 Å². The lowest BCUT2D eigenvalue weighted by molar-refractivity contribution is 0.390. The molecule has 0 spiro atoms. The summed E-state index contributed by atoms with van der Waals surface area (Å²) in [4.78, 5) is 4.04. The normalized spacial score (nSPS) is 11.8. The van der Waals surface area contributed by atoms with Crippen molar-refractivity contribution in [2.45, 2.75) is 11.8 Å². The molecule has 0 amide bonds. The van der Waals surface area contributed by atoms with Crippen molar-refractivity contribution in [2.75, 3.05) is 7.11 Å². The van der Waals surface area contributed by atoms with Crippen LogP contribution in [-0.4, -0.2) is 24.5 Å². The molecule has 3 aromatic rings. The topological polar surface area (TPSA) is 61.2 Å². The first-order valence-electron chi connectivity index (χ1n) is 6.57. The molecule has 0 radical (unpaired) electrons. The minimum Gasteiger partial charge on any atom is -0.493 e. The van der Waals surface area contributed by atoms with Crippen LogP contribution in [0.15, 0.2) is 46.0 Å². The molecule has 0 aliphatic carbocycles. The van der Waals surface area contributed by atoms with Crippen molar-refractivity contribution in [3.05, 3.63) is 52.5 Å². The van der Waals surface area contributed by atoms with Gasteiger partial charge in [0.1, 0.15) is 0 Å². The zero-order chi connectivity index (χ0) is 16.8. The van der Waals surface area contributed by atoms with Crippen LogP contribution in [0, 0.1) is 12.7 Å². The summed E-state index contributed by atoms with van der Waals surface area (Å²) >= 11 is 3.25. The largest absolute Gasteiger partial charge is 0.493 e. The SMILES string of the molecule is COc1c(F)cnc2c1c(Br)cn2S(=O)(=O)c1ccc(C)cc1. The molecule has 0 aliphatic rings. The highest BCUT2D eigenvalue weighted by Crippen LogP contribution is 2.36. The quantitative estimate of drug-likeness (QED) is 0.677. The number of ether oxygens (including phenoxy) is 1. The number of rotatable bonds is 3. The predicted octanol–water partition coefficient (Wildman–Crippen LogP) is 3.49. The molecule has 2 aromatic heterocycles. The van der Waals surface area contributed by atoms with Crippen molar-refractivity contribution in [2.24, 2.45) is 0 Å². The van der Waals surface area contributed by atoms with E-state index in [0.29, 0.717) is 4.47 Å². The third-order valence-electron chi connectivity index (χ3n) is 3.43. The second-order valence-corrected chi connectivity index (χ2v) is 7.60. The maximum absolute atomic E-state index is 13.8. The van der Waals surface area contributed by atoms with Crippen LogP contribution in [0.5, 0.6) is 5.75 Å². The van der Waals surface area contributed by atoms with Gasteiger partial charge in [-0.1, -0.05) is 17.7 Å². The third kappa shape index (κ3) is 2.51. The van der Waals surface area contributed by atoms with Gasteiger partial charge in [-0.05, 0) is 35.0 Å². The molecule has 0 saturated carbocycles. The first-order chi connectivity index (χ1) is 10.9. The minimum absolute atomic E-state index is 0.0558. The van der Waals surface area contributed by atoms with Gasteiger partial charge >= 0.3 is 0 Å². The van der Waals surface area contributed by atoms with E-state index in [1.54, 1.807) is 12.1 Å². The molecule has 3 rings (SSSR count). The van der Waals surface area contributed by atoms with Crippen LogP contribution in [0.4, 0.5) is 4.39 Å². The van der Waals surface area contributed by atoms with Crippen LogP contribution in [0.1, 0.15) is 5.56 Å². The van der Waals surface area contributed by atoms with E-state index in [4.69, 9.17) is 4.74 Å². The highest BCUT2D eigenvalue weighted by molar-refractivity contribution is 9.10. The molecule has 0 saturated heterocycles. The smallest absolute Gasteiger partial charge is 0.269 e. The molecule has 8 heteroatoms. The molecule has 0 bridgehead atoms. The monoisotopic (exact) mass is 398 g/mol. The van der Waals surface area contributed by atoms with Gasteiger partial charge in [-0.2, -0.15) is 0 Å². The Labute approximate surface area is 140 Å². The van der Waals surface area contributed by atoms with Crippen molar-refractivity contribution in [3.63, 3.8) is 0 Å². The minimum atomic E-state index is -3.85. The van der Waals surface area contributed by atoms with Gasteiger partial charge in [0, 0.05) is 10.7 Å². The number of benzene rings is 1. The van der Waals surface area contributed by atoms with Crippen molar-refractivity contribution in [3.8, 4) is 5.75 Å². The Morgan fingerprint density at radius 3 is 2.52 bits per heavy atom. The van der Waals surface area contributed by atoms with E-state index in [0.717, 1.165) is 15.7 Å². The lowest BCUT2D eigenvalue weighted by atomic mass is 10.2. The summed E-state index contributed by atoms with van der Waals surface area (Å²) in [5, 5.41) is 0.267. The fraction of sp³-hybridized carbons (Fsp3) is 0.133. The highest BCUT2D eigenvalue weighted by Gasteiger charge is 2.24. The van der Waals surface area contributed by atoms with Crippen LogP contribution in [0.25, 0.3) is 11.0 Å². The average molecular weight is 399 g/mol. The Balaban J connectivity index is 2.31. The van der Waals surface area contributed by atoms with Crippen LogP contribution >= 0.6 is 15.9 Å². The highest BCUT2D eigenvalue weighted by atomic mass is 79.9. The van der Waals surface area contributed by atoms with E-state index in [2.05, 4.69) is 20.9 Å². The maximum atomic E-state index is 13.8. The lowest BCUT2D eigenvalue weighted by Gasteiger charge is -2.08. The molecule has 0 fully saturated rings. The second-order valence-electron chi connectivity index (χ2n) is 4.93. The molecular weight excluding hydrogens is 387 g/mol. The molecule has 5 nitrogen and oxygen atoms in total. The van der Waals surface area contributed by atoms with Crippen molar-refractivity contribution < 1.29 is 17.5 Å². The number of aromatic nitrogens is 2. The van der Waals surface area contributed by atoms with Crippen molar-refractivity contribution in [1.29, 1.82) is 0 Å². The van der Waals surface area contributed by atoms with E-state index in [1.165, 1.54) is 25.4 Å². The number of fused-ring (bicyclic) bond motifs is 1. The molecule has 1 aromatic carbocycles. The van der Waals surface area contributed by atoms with E-state index < -0.39 is 15.8 Å². The van der Waals surface area contributed by atoms with Crippen molar-refractivity contribution in [1.82, 2.24) is 8.96 Å². The zero-order valence-electron chi connectivity index (χ0n) is 12.2. The summed E-state index contributed by atoms with van der Waals surface area (Å²) in [6, 6.07) is 6.46. The Hall–Kier alpha value is -1.93. The summed E-state index contributed by atoms with van der Waals surface area (Å²) in [6.45, 7) is 1.87. The maximum Gasteiger partial charge on any atom is 0.269 e. The van der Waals surface area contributed by atoms with Gasteiger partial charge in [0.2, 0.25) is 0 Å². The molecule has 0 N–H and O–H groups in total. The second kappa shape index (κ2) is 5.61. The van der Waals surface area contributed by atoms with Crippen LogP contribution in [0.2, 0.25) is 0 Å². The molecule has 0 atom stereocenters. The molecule has 120 valence electrons. The first kappa shape index (κ1) is 15.9. The molecule has 2 heterocycles. The van der Waals surface area contributed by atoms with Gasteiger partial charge in [0.05, 0.1) is 23.6 Å². The summed E-state index contributed by atoms with van der Waals surface area (Å²) in [6.07, 6.45) is 2.28.